The fraction of sp³-hybridized carbons (Fsp3) is 0.500. The highest BCUT2D eigenvalue weighted by Gasteiger charge is 2.22. The van der Waals surface area contributed by atoms with Crippen molar-refractivity contribution in [3.8, 4) is 0 Å². The van der Waals surface area contributed by atoms with Gasteiger partial charge in [0.1, 0.15) is 0 Å². The van der Waals surface area contributed by atoms with E-state index in [2.05, 4.69) is 12.2 Å². The average Bonchev–Trinajstić information content (AvgIpc) is 2.42. The number of benzene rings is 1. The Morgan fingerprint density at radius 2 is 2.40 bits per heavy atom. The molecule has 1 aromatic carbocycles. The van der Waals surface area contributed by atoms with E-state index < -0.39 is 6.10 Å². The first kappa shape index (κ1) is 15.5. The number of amides is 2. The molecule has 1 heterocycles. The molecule has 2 N–H and O–H groups in total. The molecule has 1 aliphatic heterocycles. The van der Waals surface area contributed by atoms with Crippen molar-refractivity contribution in [3.63, 3.8) is 0 Å². The van der Waals surface area contributed by atoms with Gasteiger partial charge in [-0.3, -0.25) is 0 Å². The van der Waals surface area contributed by atoms with Crippen LogP contribution in [0.5, 0.6) is 0 Å². The second-order valence-electron chi connectivity index (χ2n) is 4.75. The molecule has 0 saturated carbocycles. The second-order valence-corrected chi connectivity index (χ2v) is 6.49. The first-order chi connectivity index (χ1) is 9.60. The summed E-state index contributed by atoms with van der Waals surface area (Å²) in [5.74, 6) is 0.924. The molecular formula is C14H19ClN2O2S. The van der Waals surface area contributed by atoms with Crippen molar-refractivity contribution in [1.29, 1.82) is 0 Å². The smallest absolute Gasteiger partial charge is 0.321 e. The van der Waals surface area contributed by atoms with Gasteiger partial charge in [-0.1, -0.05) is 18.5 Å². The van der Waals surface area contributed by atoms with E-state index in [1.165, 1.54) is 0 Å². The molecule has 0 aliphatic carbocycles. The van der Waals surface area contributed by atoms with E-state index in [4.69, 9.17) is 11.6 Å². The average molecular weight is 315 g/mol. The van der Waals surface area contributed by atoms with E-state index in [0.29, 0.717) is 18.1 Å². The molecule has 2 rings (SSSR count). The summed E-state index contributed by atoms with van der Waals surface area (Å²) in [4.78, 5) is 14.9. The van der Waals surface area contributed by atoms with Crippen LogP contribution in [0, 0.1) is 0 Å². The van der Waals surface area contributed by atoms with Gasteiger partial charge in [0.15, 0.2) is 0 Å². The van der Waals surface area contributed by atoms with Crippen LogP contribution in [0.4, 0.5) is 10.5 Å². The number of carbonyl (C=O) groups is 1. The van der Waals surface area contributed by atoms with Gasteiger partial charge in [-0.2, -0.15) is 0 Å². The number of aliphatic hydroxyl groups is 1. The summed E-state index contributed by atoms with van der Waals surface area (Å²) in [7, 11) is 0. The summed E-state index contributed by atoms with van der Waals surface area (Å²) >= 11 is 7.65. The fourth-order valence-corrected chi connectivity index (χ4v) is 3.13. The van der Waals surface area contributed by atoms with Crippen LogP contribution >= 0.6 is 23.4 Å². The van der Waals surface area contributed by atoms with Crippen molar-refractivity contribution in [2.75, 3.05) is 24.2 Å². The molecule has 0 aromatic heterocycles. The van der Waals surface area contributed by atoms with E-state index in [0.717, 1.165) is 29.2 Å². The van der Waals surface area contributed by atoms with Gasteiger partial charge in [0.2, 0.25) is 0 Å². The molecule has 2 amide bonds. The van der Waals surface area contributed by atoms with Gasteiger partial charge in [0.25, 0.3) is 0 Å². The lowest BCUT2D eigenvalue weighted by Gasteiger charge is -2.30. The number of likely N-dealkylation sites (tertiary alicyclic amines) is 1. The van der Waals surface area contributed by atoms with Crippen LogP contribution < -0.4 is 5.32 Å². The lowest BCUT2D eigenvalue weighted by molar-refractivity contribution is 0.0883. The number of hydrogen-bond acceptors (Lipinski definition) is 3. The molecule has 20 heavy (non-hydrogen) atoms. The van der Waals surface area contributed by atoms with E-state index in [1.54, 1.807) is 22.7 Å². The lowest BCUT2D eigenvalue weighted by atomic mass is 10.1. The van der Waals surface area contributed by atoms with Crippen LogP contribution in [0.25, 0.3) is 0 Å². The Balaban J connectivity index is 2.08. The quantitative estimate of drug-likeness (QED) is 0.840. The standard InChI is InChI=1S/C14H19ClN2O2S/c1-2-20-13-6-5-10(15)8-12(13)16-14(19)17-7-3-4-11(18)9-17/h5-6,8,11,18H,2-4,7,9H2,1H3,(H,16,19). The Morgan fingerprint density at radius 1 is 1.60 bits per heavy atom. The number of piperidine rings is 1. The Labute approximate surface area is 128 Å². The van der Waals surface area contributed by atoms with Gasteiger partial charge in [-0.05, 0) is 36.8 Å². The zero-order valence-electron chi connectivity index (χ0n) is 11.4. The van der Waals surface area contributed by atoms with E-state index >= 15 is 0 Å². The molecule has 0 radical (unpaired) electrons. The summed E-state index contributed by atoms with van der Waals surface area (Å²) in [6.45, 7) is 3.13. The minimum absolute atomic E-state index is 0.177. The molecule has 0 bridgehead atoms. The molecular weight excluding hydrogens is 296 g/mol. The Kier molecular flexibility index (Phi) is 5.57. The minimum Gasteiger partial charge on any atom is -0.391 e. The monoisotopic (exact) mass is 314 g/mol. The normalized spacial score (nSPS) is 18.9. The topological polar surface area (TPSA) is 52.6 Å². The van der Waals surface area contributed by atoms with Gasteiger partial charge in [-0.15, -0.1) is 11.8 Å². The van der Waals surface area contributed by atoms with E-state index in [1.807, 2.05) is 12.1 Å². The summed E-state index contributed by atoms with van der Waals surface area (Å²) in [6, 6.07) is 5.32. The van der Waals surface area contributed by atoms with Gasteiger partial charge < -0.3 is 15.3 Å². The van der Waals surface area contributed by atoms with Crippen LogP contribution in [-0.2, 0) is 0 Å². The van der Waals surface area contributed by atoms with Gasteiger partial charge in [0.05, 0.1) is 11.8 Å². The zero-order valence-corrected chi connectivity index (χ0v) is 13.0. The van der Waals surface area contributed by atoms with Crippen LogP contribution in [-0.4, -0.2) is 41.0 Å². The highest BCUT2D eigenvalue weighted by Crippen LogP contribution is 2.30. The van der Waals surface area contributed by atoms with Crippen molar-refractivity contribution in [2.45, 2.75) is 30.8 Å². The Morgan fingerprint density at radius 3 is 3.10 bits per heavy atom. The fourth-order valence-electron chi connectivity index (χ4n) is 2.21. The number of aliphatic hydroxyl groups excluding tert-OH is 1. The van der Waals surface area contributed by atoms with Crippen molar-refractivity contribution in [3.05, 3.63) is 23.2 Å². The van der Waals surface area contributed by atoms with Gasteiger partial charge in [-0.25, -0.2) is 4.79 Å². The van der Waals surface area contributed by atoms with Gasteiger partial charge in [0, 0.05) is 23.0 Å². The molecule has 6 heteroatoms. The molecule has 1 fully saturated rings. The molecule has 4 nitrogen and oxygen atoms in total. The van der Waals surface area contributed by atoms with Crippen molar-refractivity contribution in [1.82, 2.24) is 4.90 Å². The maximum atomic E-state index is 12.2. The molecule has 1 aromatic rings. The number of nitrogens with one attached hydrogen (secondary N) is 1. The minimum atomic E-state index is -0.418. The number of nitrogens with zero attached hydrogens (tertiary/aromatic N) is 1. The molecule has 1 aliphatic rings. The number of hydrogen-bond donors (Lipinski definition) is 2. The van der Waals surface area contributed by atoms with Crippen LogP contribution in [0.1, 0.15) is 19.8 Å². The molecule has 110 valence electrons. The predicted molar refractivity (Wildman–Crippen MR) is 83.7 cm³/mol. The summed E-state index contributed by atoms with van der Waals surface area (Å²) < 4.78 is 0. The number of urea groups is 1. The molecule has 1 unspecified atom stereocenters. The first-order valence-electron chi connectivity index (χ1n) is 6.76. The van der Waals surface area contributed by atoms with Crippen molar-refractivity contribution in [2.24, 2.45) is 0 Å². The van der Waals surface area contributed by atoms with Crippen LogP contribution in [0.3, 0.4) is 0 Å². The van der Waals surface area contributed by atoms with Gasteiger partial charge >= 0.3 is 6.03 Å². The van der Waals surface area contributed by atoms with Crippen molar-refractivity contribution < 1.29 is 9.90 Å². The SMILES string of the molecule is CCSc1ccc(Cl)cc1NC(=O)N1CCCC(O)C1. The summed E-state index contributed by atoms with van der Waals surface area (Å²) in [5, 5.41) is 13.1. The van der Waals surface area contributed by atoms with Crippen LogP contribution in [0.2, 0.25) is 5.02 Å². The number of halogens is 1. The number of thioether (sulfide) groups is 1. The zero-order chi connectivity index (χ0) is 14.5. The Bertz CT molecular complexity index is 484. The second kappa shape index (κ2) is 7.20. The number of rotatable bonds is 3. The first-order valence-corrected chi connectivity index (χ1v) is 8.13. The third kappa shape index (κ3) is 4.04. The maximum absolute atomic E-state index is 12.2. The third-order valence-corrected chi connectivity index (χ3v) is 4.36. The predicted octanol–water partition coefficient (Wildman–Crippen LogP) is 3.44. The van der Waals surface area contributed by atoms with E-state index in [-0.39, 0.29) is 6.03 Å². The number of anilines is 1. The highest BCUT2D eigenvalue weighted by atomic mass is 35.5. The van der Waals surface area contributed by atoms with Crippen molar-refractivity contribution >= 4 is 35.1 Å². The summed E-state index contributed by atoms with van der Waals surface area (Å²) in [6.07, 6.45) is 1.18. The van der Waals surface area contributed by atoms with E-state index in [9.17, 15) is 9.90 Å². The highest BCUT2D eigenvalue weighted by molar-refractivity contribution is 7.99. The van der Waals surface area contributed by atoms with Crippen LogP contribution in [0.15, 0.2) is 23.1 Å². The summed E-state index contributed by atoms with van der Waals surface area (Å²) in [5.41, 5.74) is 0.731. The number of carbonyl (C=O) groups excluding carboxylic acids is 1. The molecule has 1 saturated heterocycles. The number of β-amino-alcohol motifs (C(OH)–C–C–N with tert-alkyl or cyclic N) is 1. The third-order valence-electron chi connectivity index (χ3n) is 3.17. The molecule has 1 atom stereocenters. The Hall–Kier alpha value is -0.910. The maximum Gasteiger partial charge on any atom is 0.321 e. The molecule has 0 spiro atoms. The largest absolute Gasteiger partial charge is 0.391 e. The lowest BCUT2D eigenvalue weighted by Crippen LogP contribution is -2.44.